The highest BCUT2D eigenvalue weighted by atomic mass is 16.5. The highest BCUT2D eigenvalue weighted by Gasteiger charge is 2.29. The van der Waals surface area contributed by atoms with Crippen LogP contribution in [0.4, 0.5) is 0 Å². The van der Waals surface area contributed by atoms with Crippen LogP contribution in [-0.4, -0.2) is 30.3 Å². The summed E-state index contributed by atoms with van der Waals surface area (Å²) in [6.45, 7) is 2.27. The summed E-state index contributed by atoms with van der Waals surface area (Å²) in [7, 11) is 1.76. The molecule has 1 aliphatic heterocycles. The molecule has 1 aromatic heterocycles. The van der Waals surface area contributed by atoms with Crippen molar-refractivity contribution in [2.45, 2.75) is 57.5 Å². The summed E-state index contributed by atoms with van der Waals surface area (Å²) in [5.41, 5.74) is 0. The maximum Gasteiger partial charge on any atom is 0.226 e. The molecule has 5 heteroatoms. The SMILES string of the molecule is COC(c1noc(CCC2CCNC2)n1)C1CCCCC1. The first-order chi connectivity index (χ1) is 10.4. The quantitative estimate of drug-likeness (QED) is 0.874. The average molecular weight is 293 g/mol. The molecular weight excluding hydrogens is 266 g/mol. The van der Waals surface area contributed by atoms with Crippen LogP contribution in [0.3, 0.4) is 0 Å². The van der Waals surface area contributed by atoms with E-state index in [0.29, 0.717) is 5.92 Å². The lowest BCUT2D eigenvalue weighted by Crippen LogP contribution is -2.19. The lowest BCUT2D eigenvalue weighted by molar-refractivity contribution is 0.0273. The second kappa shape index (κ2) is 7.36. The van der Waals surface area contributed by atoms with E-state index < -0.39 is 0 Å². The molecule has 1 saturated heterocycles. The molecule has 0 amide bonds. The van der Waals surface area contributed by atoms with Gasteiger partial charge in [0.05, 0.1) is 0 Å². The second-order valence-corrected chi connectivity index (χ2v) is 6.50. The third kappa shape index (κ3) is 3.83. The second-order valence-electron chi connectivity index (χ2n) is 6.50. The number of aryl methyl sites for hydroxylation is 1. The number of nitrogens with zero attached hydrogens (tertiary/aromatic N) is 2. The smallest absolute Gasteiger partial charge is 0.226 e. The first kappa shape index (κ1) is 15.0. The monoisotopic (exact) mass is 293 g/mol. The Morgan fingerprint density at radius 1 is 1.29 bits per heavy atom. The van der Waals surface area contributed by atoms with Gasteiger partial charge in [-0.3, -0.25) is 0 Å². The van der Waals surface area contributed by atoms with Gasteiger partial charge in [0.25, 0.3) is 0 Å². The zero-order valence-electron chi connectivity index (χ0n) is 13.0. The lowest BCUT2D eigenvalue weighted by Gasteiger charge is -2.26. The van der Waals surface area contributed by atoms with Crippen LogP contribution in [0.1, 0.15) is 62.8 Å². The van der Waals surface area contributed by atoms with E-state index in [1.807, 2.05) is 0 Å². The van der Waals surface area contributed by atoms with Crippen LogP contribution in [0.25, 0.3) is 0 Å². The van der Waals surface area contributed by atoms with E-state index in [2.05, 4.69) is 15.5 Å². The van der Waals surface area contributed by atoms with Crippen LogP contribution < -0.4 is 5.32 Å². The Bertz CT molecular complexity index is 423. The Labute approximate surface area is 126 Å². The summed E-state index contributed by atoms with van der Waals surface area (Å²) in [5, 5.41) is 7.58. The van der Waals surface area contributed by atoms with Gasteiger partial charge < -0.3 is 14.6 Å². The number of rotatable bonds is 6. The van der Waals surface area contributed by atoms with Gasteiger partial charge in [-0.15, -0.1) is 0 Å². The normalized spacial score (nSPS) is 25.3. The highest BCUT2D eigenvalue weighted by Crippen LogP contribution is 2.35. The van der Waals surface area contributed by atoms with Crippen molar-refractivity contribution in [1.29, 1.82) is 0 Å². The number of hydrogen-bond acceptors (Lipinski definition) is 5. The van der Waals surface area contributed by atoms with Crippen LogP contribution in [0.2, 0.25) is 0 Å². The summed E-state index contributed by atoms with van der Waals surface area (Å²) in [6.07, 6.45) is 9.68. The molecule has 1 N–H and O–H groups in total. The molecule has 0 bridgehead atoms. The van der Waals surface area contributed by atoms with Gasteiger partial charge in [0.2, 0.25) is 11.7 Å². The summed E-state index contributed by atoms with van der Waals surface area (Å²) >= 11 is 0. The highest BCUT2D eigenvalue weighted by molar-refractivity contribution is 4.95. The van der Waals surface area contributed by atoms with Gasteiger partial charge in [-0.1, -0.05) is 24.4 Å². The zero-order valence-corrected chi connectivity index (χ0v) is 13.0. The molecule has 2 unspecified atom stereocenters. The molecule has 2 aliphatic rings. The molecule has 1 saturated carbocycles. The molecule has 0 spiro atoms. The molecule has 3 rings (SSSR count). The molecule has 2 fully saturated rings. The number of hydrogen-bond donors (Lipinski definition) is 1. The predicted molar refractivity (Wildman–Crippen MR) is 79.9 cm³/mol. The Morgan fingerprint density at radius 2 is 2.14 bits per heavy atom. The molecule has 5 nitrogen and oxygen atoms in total. The molecule has 0 aromatic carbocycles. The van der Waals surface area contributed by atoms with Crippen molar-refractivity contribution in [3.8, 4) is 0 Å². The largest absolute Gasteiger partial charge is 0.373 e. The van der Waals surface area contributed by atoms with Crippen LogP contribution in [0.5, 0.6) is 0 Å². The van der Waals surface area contributed by atoms with Crippen molar-refractivity contribution >= 4 is 0 Å². The van der Waals surface area contributed by atoms with Gasteiger partial charge in [0, 0.05) is 13.5 Å². The molecule has 2 atom stereocenters. The van der Waals surface area contributed by atoms with E-state index in [9.17, 15) is 0 Å². The van der Waals surface area contributed by atoms with Gasteiger partial charge in [0.1, 0.15) is 6.10 Å². The van der Waals surface area contributed by atoms with Gasteiger partial charge in [-0.2, -0.15) is 4.98 Å². The van der Waals surface area contributed by atoms with Crippen molar-refractivity contribution in [2.75, 3.05) is 20.2 Å². The molecule has 0 radical (unpaired) electrons. The minimum Gasteiger partial charge on any atom is -0.373 e. The van der Waals surface area contributed by atoms with Crippen molar-refractivity contribution in [2.24, 2.45) is 11.8 Å². The van der Waals surface area contributed by atoms with Crippen molar-refractivity contribution < 1.29 is 9.26 Å². The number of methoxy groups -OCH3 is 1. The van der Waals surface area contributed by atoms with Crippen molar-refractivity contribution in [3.05, 3.63) is 11.7 Å². The number of aromatic nitrogens is 2. The minimum absolute atomic E-state index is 0.0101. The van der Waals surface area contributed by atoms with Crippen LogP contribution in [-0.2, 0) is 11.2 Å². The van der Waals surface area contributed by atoms with Crippen molar-refractivity contribution in [1.82, 2.24) is 15.5 Å². The number of ether oxygens (including phenoxy) is 1. The standard InChI is InChI=1S/C16H27N3O2/c1-20-15(13-5-3-2-4-6-13)16-18-14(21-19-16)8-7-12-9-10-17-11-12/h12-13,15,17H,2-11H2,1H3. The first-order valence-electron chi connectivity index (χ1n) is 8.43. The van der Waals surface area contributed by atoms with E-state index in [1.54, 1.807) is 7.11 Å². The fourth-order valence-corrected chi connectivity index (χ4v) is 3.72. The van der Waals surface area contributed by atoms with Crippen LogP contribution >= 0.6 is 0 Å². The molecule has 21 heavy (non-hydrogen) atoms. The fourth-order valence-electron chi connectivity index (χ4n) is 3.72. The Kier molecular flexibility index (Phi) is 5.25. The van der Waals surface area contributed by atoms with E-state index in [-0.39, 0.29) is 6.10 Å². The van der Waals surface area contributed by atoms with Gasteiger partial charge >= 0.3 is 0 Å². The Hall–Kier alpha value is -0.940. The fraction of sp³-hybridized carbons (Fsp3) is 0.875. The molecule has 1 aliphatic carbocycles. The molecule has 1 aromatic rings. The summed E-state index contributed by atoms with van der Waals surface area (Å²) < 4.78 is 11.1. The third-order valence-corrected chi connectivity index (χ3v) is 5.00. The van der Waals surface area contributed by atoms with E-state index >= 15 is 0 Å². The van der Waals surface area contributed by atoms with Gasteiger partial charge in [-0.25, -0.2) is 0 Å². The summed E-state index contributed by atoms with van der Waals surface area (Å²) in [6, 6.07) is 0. The molecular formula is C16H27N3O2. The Balaban J connectivity index is 1.56. The van der Waals surface area contributed by atoms with Crippen molar-refractivity contribution in [3.63, 3.8) is 0 Å². The Morgan fingerprint density at radius 3 is 2.86 bits per heavy atom. The summed E-state index contributed by atoms with van der Waals surface area (Å²) in [4.78, 5) is 4.59. The minimum atomic E-state index is 0.0101. The lowest BCUT2D eigenvalue weighted by atomic mass is 9.85. The van der Waals surface area contributed by atoms with E-state index in [4.69, 9.17) is 9.26 Å². The number of nitrogens with one attached hydrogen (secondary N) is 1. The predicted octanol–water partition coefficient (Wildman–Crippen LogP) is 2.88. The van der Waals surface area contributed by atoms with E-state index in [0.717, 1.165) is 43.6 Å². The van der Waals surface area contributed by atoms with Gasteiger partial charge in [0.15, 0.2) is 0 Å². The average Bonchev–Trinajstić information content (AvgIpc) is 3.19. The van der Waals surface area contributed by atoms with Gasteiger partial charge in [-0.05, 0) is 50.6 Å². The topological polar surface area (TPSA) is 60.2 Å². The maximum absolute atomic E-state index is 5.67. The molecule has 2 heterocycles. The van der Waals surface area contributed by atoms with Crippen LogP contribution in [0, 0.1) is 11.8 Å². The molecule has 118 valence electrons. The van der Waals surface area contributed by atoms with E-state index in [1.165, 1.54) is 38.5 Å². The first-order valence-corrected chi connectivity index (χ1v) is 8.43. The third-order valence-electron chi connectivity index (χ3n) is 5.00. The maximum atomic E-state index is 5.67. The van der Waals surface area contributed by atoms with Crippen LogP contribution in [0.15, 0.2) is 4.52 Å². The summed E-state index contributed by atoms with van der Waals surface area (Å²) in [5.74, 6) is 2.84. The zero-order chi connectivity index (χ0) is 14.5.